The van der Waals surface area contributed by atoms with Crippen LogP contribution in [-0.2, 0) is 6.54 Å². The van der Waals surface area contributed by atoms with Crippen molar-refractivity contribution in [3.8, 4) is 0 Å². The predicted octanol–water partition coefficient (Wildman–Crippen LogP) is 2.81. The standard InChI is InChI=1S/C11H16ClNO/c1-9(6-12)7-13(3)8-11-5-4-10(2)14-11/h4-5H,1,6-8H2,2-3H3. The van der Waals surface area contributed by atoms with Gasteiger partial charge in [-0.15, -0.1) is 11.6 Å². The molecule has 0 N–H and O–H groups in total. The largest absolute Gasteiger partial charge is 0.465 e. The molecule has 0 saturated heterocycles. The highest BCUT2D eigenvalue weighted by Gasteiger charge is 2.04. The molecule has 0 aliphatic heterocycles. The lowest BCUT2D eigenvalue weighted by atomic mass is 10.3. The van der Waals surface area contributed by atoms with Gasteiger partial charge < -0.3 is 4.42 Å². The monoisotopic (exact) mass is 213 g/mol. The van der Waals surface area contributed by atoms with E-state index in [1.165, 1.54) is 0 Å². The second-order valence-electron chi connectivity index (χ2n) is 3.57. The van der Waals surface area contributed by atoms with Crippen LogP contribution in [0, 0.1) is 6.92 Å². The fourth-order valence-corrected chi connectivity index (χ4v) is 1.40. The first-order chi connectivity index (χ1) is 6.61. The molecule has 1 heterocycles. The van der Waals surface area contributed by atoms with Gasteiger partial charge in [0.2, 0.25) is 0 Å². The van der Waals surface area contributed by atoms with Crippen LogP contribution >= 0.6 is 11.6 Å². The molecule has 1 aromatic rings. The molecule has 3 heteroatoms. The molecule has 0 bridgehead atoms. The molecular weight excluding hydrogens is 198 g/mol. The highest BCUT2D eigenvalue weighted by Crippen LogP contribution is 2.09. The smallest absolute Gasteiger partial charge is 0.118 e. The summed E-state index contributed by atoms with van der Waals surface area (Å²) in [6.45, 7) is 7.41. The van der Waals surface area contributed by atoms with Gasteiger partial charge in [0.15, 0.2) is 0 Å². The van der Waals surface area contributed by atoms with E-state index in [9.17, 15) is 0 Å². The van der Waals surface area contributed by atoms with Gasteiger partial charge in [-0.05, 0) is 31.7 Å². The Kier molecular flexibility index (Phi) is 4.23. The first-order valence-corrected chi connectivity index (χ1v) is 5.11. The Bertz CT molecular complexity index is 306. The Hall–Kier alpha value is -0.730. The summed E-state index contributed by atoms with van der Waals surface area (Å²) in [5, 5.41) is 0. The molecule has 0 fully saturated rings. The van der Waals surface area contributed by atoms with Gasteiger partial charge in [0.05, 0.1) is 6.54 Å². The summed E-state index contributed by atoms with van der Waals surface area (Å²) in [5.41, 5.74) is 1.03. The zero-order valence-corrected chi connectivity index (χ0v) is 9.47. The fraction of sp³-hybridized carbons (Fsp3) is 0.455. The molecule has 14 heavy (non-hydrogen) atoms. The van der Waals surface area contributed by atoms with Gasteiger partial charge in [-0.3, -0.25) is 4.90 Å². The Morgan fingerprint density at radius 1 is 1.57 bits per heavy atom. The maximum absolute atomic E-state index is 5.65. The SMILES string of the molecule is C=C(CCl)CN(C)Cc1ccc(C)o1. The van der Waals surface area contributed by atoms with E-state index in [1.807, 2.05) is 26.1 Å². The number of furan rings is 1. The Morgan fingerprint density at radius 3 is 2.79 bits per heavy atom. The number of alkyl halides is 1. The van der Waals surface area contributed by atoms with Crippen LogP contribution in [0.25, 0.3) is 0 Å². The van der Waals surface area contributed by atoms with E-state index in [2.05, 4.69) is 11.5 Å². The molecule has 78 valence electrons. The third kappa shape index (κ3) is 3.56. The summed E-state index contributed by atoms with van der Waals surface area (Å²) in [6, 6.07) is 3.97. The average molecular weight is 214 g/mol. The van der Waals surface area contributed by atoms with Crippen LogP contribution in [0.5, 0.6) is 0 Å². The second-order valence-corrected chi connectivity index (χ2v) is 3.84. The molecule has 0 saturated carbocycles. The predicted molar refractivity (Wildman–Crippen MR) is 59.6 cm³/mol. The lowest BCUT2D eigenvalue weighted by Crippen LogP contribution is -2.20. The topological polar surface area (TPSA) is 16.4 Å². The minimum absolute atomic E-state index is 0.515. The van der Waals surface area contributed by atoms with Crippen LogP contribution in [-0.4, -0.2) is 24.4 Å². The third-order valence-electron chi connectivity index (χ3n) is 1.90. The summed E-state index contributed by atoms with van der Waals surface area (Å²) in [5.74, 6) is 2.44. The van der Waals surface area contributed by atoms with Gasteiger partial charge in [-0.2, -0.15) is 0 Å². The zero-order chi connectivity index (χ0) is 10.6. The third-order valence-corrected chi connectivity index (χ3v) is 2.28. The molecule has 0 aliphatic carbocycles. The molecule has 0 radical (unpaired) electrons. The van der Waals surface area contributed by atoms with Crippen LogP contribution in [0.15, 0.2) is 28.7 Å². The summed E-state index contributed by atoms with van der Waals surface area (Å²) in [4.78, 5) is 2.13. The zero-order valence-electron chi connectivity index (χ0n) is 8.72. The van der Waals surface area contributed by atoms with Crippen molar-refractivity contribution < 1.29 is 4.42 Å². The number of likely N-dealkylation sites (N-methyl/N-ethyl adjacent to an activating group) is 1. The molecule has 2 nitrogen and oxygen atoms in total. The molecule has 0 atom stereocenters. The normalized spacial score (nSPS) is 10.9. The first kappa shape index (κ1) is 11.3. The molecule has 1 aromatic heterocycles. The molecule has 0 amide bonds. The molecule has 0 unspecified atom stereocenters. The Balaban J connectivity index is 2.41. The Morgan fingerprint density at radius 2 is 2.29 bits per heavy atom. The van der Waals surface area contributed by atoms with E-state index < -0.39 is 0 Å². The van der Waals surface area contributed by atoms with Crippen LogP contribution in [0.4, 0.5) is 0 Å². The maximum Gasteiger partial charge on any atom is 0.118 e. The number of aryl methyl sites for hydroxylation is 1. The lowest BCUT2D eigenvalue weighted by Gasteiger charge is -2.15. The van der Waals surface area contributed by atoms with E-state index in [0.717, 1.165) is 30.2 Å². The highest BCUT2D eigenvalue weighted by atomic mass is 35.5. The summed E-state index contributed by atoms with van der Waals surface area (Å²) in [6.07, 6.45) is 0. The van der Waals surface area contributed by atoms with Gasteiger partial charge in [-0.1, -0.05) is 6.58 Å². The molecular formula is C11H16ClNO. The van der Waals surface area contributed by atoms with Crippen LogP contribution in [0.1, 0.15) is 11.5 Å². The minimum Gasteiger partial charge on any atom is -0.465 e. The van der Waals surface area contributed by atoms with Crippen molar-refractivity contribution in [2.24, 2.45) is 0 Å². The average Bonchev–Trinajstić information content (AvgIpc) is 2.50. The van der Waals surface area contributed by atoms with Crippen molar-refractivity contribution in [3.05, 3.63) is 35.8 Å². The van der Waals surface area contributed by atoms with Gasteiger partial charge >= 0.3 is 0 Å². The quantitative estimate of drug-likeness (QED) is 0.553. The number of rotatable bonds is 5. The Labute approximate surface area is 90.2 Å². The summed E-state index contributed by atoms with van der Waals surface area (Å²) >= 11 is 5.65. The van der Waals surface area contributed by atoms with Crippen molar-refractivity contribution in [1.29, 1.82) is 0 Å². The highest BCUT2D eigenvalue weighted by molar-refractivity contribution is 6.19. The number of hydrogen-bond donors (Lipinski definition) is 0. The molecule has 1 rings (SSSR count). The van der Waals surface area contributed by atoms with E-state index >= 15 is 0 Å². The number of halogens is 1. The van der Waals surface area contributed by atoms with Crippen molar-refractivity contribution in [2.45, 2.75) is 13.5 Å². The van der Waals surface area contributed by atoms with Crippen LogP contribution in [0.2, 0.25) is 0 Å². The second kappa shape index (κ2) is 5.23. The van der Waals surface area contributed by atoms with E-state index in [4.69, 9.17) is 16.0 Å². The number of nitrogens with zero attached hydrogens (tertiary/aromatic N) is 1. The van der Waals surface area contributed by atoms with Crippen molar-refractivity contribution >= 4 is 11.6 Å². The molecule has 0 spiro atoms. The van der Waals surface area contributed by atoms with Gasteiger partial charge in [0.25, 0.3) is 0 Å². The van der Waals surface area contributed by atoms with Crippen LogP contribution < -0.4 is 0 Å². The molecule has 0 aliphatic rings. The van der Waals surface area contributed by atoms with Gasteiger partial charge in [0.1, 0.15) is 11.5 Å². The van der Waals surface area contributed by atoms with E-state index in [1.54, 1.807) is 0 Å². The van der Waals surface area contributed by atoms with Crippen molar-refractivity contribution in [1.82, 2.24) is 4.90 Å². The van der Waals surface area contributed by atoms with E-state index in [0.29, 0.717) is 5.88 Å². The number of hydrogen-bond acceptors (Lipinski definition) is 2. The van der Waals surface area contributed by atoms with E-state index in [-0.39, 0.29) is 0 Å². The lowest BCUT2D eigenvalue weighted by molar-refractivity contribution is 0.313. The summed E-state index contributed by atoms with van der Waals surface area (Å²) < 4.78 is 5.47. The summed E-state index contributed by atoms with van der Waals surface area (Å²) in [7, 11) is 2.02. The van der Waals surface area contributed by atoms with Crippen molar-refractivity contribution in [2.75, 3.05) is 19.5 Å². The van der Waals surface area contributed by atoms with Gasteiger partial charge in [0, 0.05) is 12.4 Å². The molecule has 0 aromatic carbocycles. The minimum atomic E-state index is 0.515. The van der Waals surface area contributed by atoms with Crippen molar-refractivity contribution in [3.63, 3.8) is 0 Å². The van der Waals surface area contributed by atoms with Crippen LogP contribution in [0.3, 0.4) is 0 Å². The first-order valence-electron chi connectivity index (χ1n) is 4.58. The fourth-order valence-electron chi connectivity index (χ4n) is 1.32. The maximum atomic E-state index is 5.65. The van der Waals surface area contributed by atoms with Gasteiger partial charge in [-0.25, -0.2) is 0 Å².